The van der Waals surface area contributed by atoms with Crippen LogP contribution in [-0.4, -0.2) is 38.3 Å². The van der Waals surface area contributed by atoms with Gasteiger partial charge in [-0.2, -0.15) is 0 Å². The van der Waals surface area contributed by atoms with E-state index in [1.165, 1.54) is 0 Å². The fourth-order valence-electron chi connectivity index (χ4n) is 3.88. The van der Waals surface area contributed by atoms with Gasteiger partial charge in [-0.05, 0) is 42.0 Å². The first-order valence-electron chi connectivity index (χ1n) is 10.8. The molecule has 0 aliphatic rings. The lowest BCUT2D eigenvalue weighted by Crippen LogP contribution is -2.06. The van der Waals surface area contributed by atoms with Gasteiger partial charge in [0.1, 0.15) is 23.9 Å². The molecule has 0 radical (unpaired) electrons. The van der Waals surface area contributed by atoms with Crippen molar-refractivity contribution < 1.29 is 13.9 Å². The van der Waals surface area contributed by atoms with Crippen molar-refractivity contribution in [2.45, 2.75) is 13.0 Å². The Morgan fingerprint density at radius 2 is 1.65 bits per heavy atom. The molecule has 170 valence electrons. The number of halogens is 1. The van der Waals surface area contributed by atoms with E-state index in [9.17, 15) is 4.39 Å². The number of nitrogens with zero attached hydrogens (tertiary/aromatic N) is 5. The normalized spacial score (nSPS) is 11.0. The number of aryl methyl sites for hydroxylation is 1. The maximum absolute atomic E-state index is 13.2. The lowest BCUT2D eigenvalue weighted by molar-refractivity contribution is 0.398. The van der Waals surface area contributed by atoms with E-state index in [1.54, 1.807) is 31.8 Å². The van der Waals surface area contributed by atoms with Crippen LogP contribution in [0.2, 0.25) is 0 Å². The second-order valence-corrected chi connectivity index (χ2v) is 7.55. The highest BCUT2D eigenvalue weighted by molar-refractivity contribution is 5.76. The molecule has 5 aromatic rings. The van der Waals surface area contributed by atoms with Crippen LogP contribution in [0, 0.1) is 0 Å². The molecule has 0 fully saturated rings. The summed E-state index contributed by atoms with van der Waals surface area (Å²) in [7, 11) is 1.56. The average molecular weight is 455 g/mol. The second kappa shape index (κ2) is 9.66. The monoisotopic (exact) mass is 455 g/mol. The summed E-state index contributed by atoms with van der Waals surface area (Å²) in [5, 5.41) is 0. The van der Waals surface area contributed by atoms with Gasteiger partial charge < -0.3 is 14.0 Å². The van der Waals surface area contributed by atoms with E-state index in [1.807, 2.05) is 59.2 Å². The molecule has 34 heavy (non-hydrogen) atoms. The number of fused-ring (bicyclic) bond motifs is 1. The fourth-order valence-corrected chi connectivity index (χ4v) is 3.88. The zero-order valence-corrected chi connectivity index (χ0v) is 18.6. The van der Waals surface area contributed by atoms with E-state index in [2.05, 4.69) is 15.0 Å². The molecule has 0 aliphatic heterocycles. The van der Waals surface area contributed by atoms with E-state index in [0.717, 1.165) is 22.4 Å². The van der Waals surface area contributed by atoms with Gasteiger partial charge in [0, 0.05) is 25.0 Å². The van der Waals surface area contributed by atoms with Crippen LogP contribution < -0.4 is 9.47 Å². The van der Waals surface area contributed by atoms with Crippen molar-refractivity contribution in [1.82, 2.24) is 24.5 Å². The Morgan fingerprint density at radius 3 is 2.47 bits per heavy atom. The Kier molecular flexibility index (Phi) is 6.11. The van der Waals surface area contributed by atoms with Gasteiger partial charge in [0.2, 0.25) is 11.8 Å². The lowest BCUT2D eigenvalue weighted by atomic mass is 10.1. The Hall–Kier alpha value is -4.33. The van der Waals surface area contributed by atoms with E-state index >= 15 is 0 Å². The first kappa shape index (κ1) is 21.5. The minimum atomic E-state index is -0.442. The molecule has 2 aromatic carbocycles. The molecule has 7 nitrogen and oxygen atoms in total. The van der Waals surface area contributed by atoms with Gasteiger partial charge in [0.05, 0.1) is 30.3 Å². The molecule has 3 heterocycles. The van der Waals surface area contributed by atoms with Gasteiger partial charge in [0.25, 0.3) is 0 Å². The average Bonchev–Trinajstić information content (AvgIpc) is 3.22. The number of hydrogen-bond acceptors (Lipinski definition) is 6. The summed E-state index contributed by atoms with van der Waals surface area (Å²) in [6.07, 6.45) is 5.41. The van der Waals surface area contributed by atoms with Crippen molar-refractivity contribution in [3.05, 3.63) is 90.6 Å². The van der Waals surface area contributed by atoms with Crippen molar-refractivity contribution in [3.8, 4) is 28.8 Å². The zero-order chi connectivity index (χ0) is 23.3. The van der Waals surface area contributed by atoms with Crippen molar-refractivity contribution in [2.24, 2.45) is 0 Å². The number of pyridine rings is 1. The van der Waals surface area contributed by atoms with Crippen LogP contribution in [-0.2, 0) is 13.0 Å². The standard InChI is InChI=1S/C26H22FN5O2/c1-33-25-20(5-4-13-29-25)24-26(30-15-14-28-24)34-19-10-8-18(9-11-19)17-23-31-21-6-2-3-7-22(21)32(23)16-12-27/h2-11,13-15H,12,16-17H2,1H3. The molecule has 5 rings (SSSR count). The number of ether oxygens (including phenoxy) is 2. The van der Waals surface area contributed by atoms with Crippen LogP contribution in [0.1, 0.15) is 11.4 Å². The number of aromatic nitrogens is 5. The van der Waals surface area contributed by atoms with E-state index < -0.39 is 6.67 Å². The van der Waals surface area contributed by atoms with Gasteiger partial charge in [0.15, 0.2) is 0 Å². The highest BCUT2D eigenvalue weighted by Gasteiger charge is 2.16. The van der Waals surface area contributed by atoms with Gasteiger partial charge >= 0.3 is 0 Å². The SMILES string of the molecule is COc1ncccc1-c1nccnc1Oc1ccc(Cc2nc3ccccc3n2CCF)cc1. The predicted octanol–water partition coefficient (Wildman–Crippen LogP) is 5.25. The van der Waals surface area contributed by atoms with Crippen molar-refractivity contribution in [3.63, 3.8) is 0 Å². The number of hydrogen-bond donors (Lipinski definition) is 0. The molecule has 8 heteroatoms. The van der Waals surface area contributed by atoms with Crippen LogP contribution in [0.25, 0.3) is 22.3 Å². The van der Waals surface area contributed by atoms with E-state index in [4.69, 9.17) is 14.5 Å². The van der Waals surface area contributed by atoms with Crippen molar-refractivity contribution >= 4 is 11.0 Å². The number of alkyl halides is 1. The third kappa shape index (κ3) is 4.30. The maximum Gasteiger partial charge on any atom is 0.246 e. The zero-order valence-electron chi connectivity index (χ0n) is 18.6. The Balaban J connectivity index is 1.39. The van der Waals surface area contributed by atoms with Gasteiger partial charge in [-0.1, -0.05) is 24.3 Å². The van der Waals surface area contributed by atoms with Crippen molar-refractivity contribution in [2.75, 3.05) is 13.8 Å². The summed E-state index contributed by atoms with van der Waals surface area (Å²) >= 11 is 0. The Labute approximate surface area is 195 Å². The second-order valence-electron chi connectivity index (χ2n) is 7.55. The minimum Gasteiger partial charge on any atom is -0.481 e. The third-order valence-electron chi connectivity index (χ3n) is 5.43. The molecule has 3 aromatic heterocycles. The van der Waals surface area contributed by atoms with E-state index in [0.29, 0.717) is 35.2 Å². The molecule has 0 bridgehead atoms. The quantitative estimate of drug-likeness (QED) is 0.318. The van der Waals surface area contributed by atoms with Gasteiger partial charge in [-0.3, -0.25) is 0 Å². The molecule has 0 amide bonds. The number of imidazole rings is 1. The molecule has 0 aliphatic carbocycles. The first-order chi connectivity index (χ1) is 16.8. The number of para-hydroxylation sites is 2. The summed E-state index contributed by atoms with van der Waals surface area (Å²) < 4.78 is 26.5. The Bertz CT molecular complexity index is 1420. The lowest BCUT2D eigenvalue weighted by Gasteiger charge is -2.11. The molecule has 0 N–H and O–H groups in total. The fraction of sp³-hybridized carbons (Fsp3) is 0.154. The first-order valence-corrected chi connectivity index (χ1v) is 10.8. The molecule has 0 saturated carbocycles. The molecule has 0 atom stereocenters. The number of methoxy groups -OCH3 is 1. The van der Waals surface area contributed by atoms with Crippen LogP contribution in [0.15, 0.2) is 79.3 Å². The predicted molar refractivity (Wildman–Crippen MR) is 127 cm³/mol. The molecule has 0 saturated heterocycles. The summed E-state index contributed by atoms with van der Waals surface area (Å²) in [6, 6.07) is 19.1. The van der Waals surface area contributed by atoms with Crippen molar-refractivity contribution in [1.29, 1.82) is 0 Å². The number of rotatable bonds is 8. The summed E-state index contributed by atoms with van der Waals surface area (Å²) in [5.74, 6) is 2.24. The third-order valence-corrected chi connectivity index (χ3v) is 5.43. The van der Waals surface area contributed by atoms with E-state index in [-0.39, 0.29) is 6.54 Å². The molecular formula is C26H22FN5O2. The smallest absolute Gasteiger partial charge is 0.246 e. The highest BCUT2D eigenvalue weighted by atomic mass is 19.1. The summed E-state index contributed by atoms with van der Waals surface area (Å²) in [6.45, 7) is -0.160. The Morgan fingerprint density at radius 1 is 0.853 bits per heavy atom. The van der Waals surface area contributed by atoms with Crippen LogP contribution in [0.4, 0.5) is 4.39 Å². The van der Waals surface area contributed by atoms with Gasteiger partial charge in [-0.25, -0.2) is 24.3 Å². The van der Waals surface area contributed by atoms with Crippen LogP contribution >= 0.6 is 0 Å². The highest BCUT2D eigenvalue weighted by Crippen LogP contribution is 2.34. The minimum absolute atomic E-state index is 0.282. The maximum atomic E-state index is 13.2. The van der Waals surface area contributed by atoms with Crippen LogP contribution in [0.5, 0.6) is 17.5 Å². The topological polar surface area (TPSA) is 75.0 Å². The van der Waals surface area contributed by atoms with Crippen LogP contribution in [0.3, 0.4) is 0 Å². The molecule has 0 unspecified atom stereocenters. The number of benzene rings is 2. The summed E-state index contributed by atoms with van der Waals surface area (Å²) in [4.78, 5) is 17.7. The summed E-state index contributed by atoms with van der Waals surface area (Å²) in [5.41, 5.74) is 4.08. The van der Waals surface area contributed by atoms with Gasteiger partial charge in [-0.15, -0.1) is 0 Å². The largest absolute Gasteiger partial charge is 0.481 e. The molecule has 0 spiro atoms. The molecular weight excluding hydrogens is 433 g/mol.